The first-order valence-corrected chi connectivity index (χ1v) is 6.99. The molecular weight excluding hydrogens is 266 g/mol. The third kappa shape index (κ3) is 3.67. The van der Waals surface area contributed by atoms with Crippen LogP contribution in [0.5, 0.6) is 23.0 Å². The lowest BCUT2D eigenvalue weighted by atomic mass is 10.1. The van der Waals surface area contributed by atoms with Crippen molar-refractivity contribution in [2.45, 2.75) is 19.9 Å². The number of hydrogen-bond acceptors (Lipinski definition) is 4. The van der Waals surface area contributed by atoms with Gasteiger partial charge in [0, 0.05) is 12.1 Å². The summed E-state index contributed by atoms with van der Waals surface area (Å²) in [6.07, 6.45) is 0. The molecule has 112 valence electrons. The van der Waals surface area contributed by atoms with Crippen LogP contribution in [0, 0.1) is 0 Å². The molecule has 0 saturated carbocycles. The molecule has 0 aliphatic heterocycles. The van der Waals surface area contributed by atoms with E-state index in [9.17, 15) is 0 Å². The van der Waals surface area contributed by atoms with Gasteiger partial charge in [0.1, 0.15) is 23.0 Å². The van der Waals surface area contributed by atoms with Crippen molar-refractivity contribution in [1.82, 2.24) is 0 Å². The summed E-state index contributed by atoms with van der Waals surface area (Å²) in [5, 5.41) is 0. The van der Waals surface area contributed by atoms with E-state index in [2.05, 4.69) is 0 Å². The van der Waals surface area contributed by atoms with Crippen LogP contribution >= 0.6 is 0 Å². The molecule has 0 radical (unpaired) electrons. The predicted molar refractivity (Wildman–Crippen MR) is 83.3 cm³/mol. The van der Waals surface area contributed by atoms with Crippen molar-refractivity contribution >= 4 is 0 Å². The zero-order chi connectivity index (χ0) is 15.2. The minimum absolute atomic E-state index is 0.189. The zero-order valence-corrected chi connectivity index (χ0v) is 12.6. The first-order chi connectivity index (χ1) is 10.2. The second-order valence-electron chi connectivity index (χ2n) is 4.67. The van der Waals surface area contributed by atoms with Crippen molar-refractivity contribution < 1.29 is 14.2 Å². The van der Waals surface area contributed by atoms with E-state index in [4.69, 9.17) is 19.9 Å². The van der Waals surface area contributed by atoms with Gasteiger partial charge in [-0.25, -0.2) is 0 Å². The van der Waals surface area contributed by atoms with Crippen molar-refractivity contribution in [3.05, 3.63) is 48.0 Å². The van der Waals surface area contributed by atoms with Gasteiger partial charge in [-0.05, 0) is 38.1 Å². The van der Waals surface area contributed by atoms with Crippen LogP contribution in [0.2, 0.25) is 0 Å². The molecule has 2 aromatic rings. The molecule has 21 heavy (non-hydrogen) atoms. The van der Waals surface area contributed by atoms with E-state index >= 15 is 0 Å². The van der Waals surface area contributed by atoms with Crippen molar-refractivity contribution in [2.24, 2.45) is 5.73 Å². The Kier molecular flexibility index (Phi) is 5.06. The van der Waals surface area contributed by atoms with Gasteiger partial charge in [0.05, 0.1) is 19.3 Å². The highest BCUT2D eigenvalue weighted by Crippen LogP contribution is 2.36. The smallest absolute Gasteiger partial charge is 0.135 e. The first-order valence-electron chi connectivity index (χ1n) is 6.99. The summed E-state index contributed by atoms with van der Waals surface area (Å²) in [5.41, 5.74) is 6.89. The molecule has 0 amide bonds. The topological polar surface area (TPSA) is 53.7 Å². The summed E-state index contributed by atoms with van der Waals surface area (Å²) >= 11 is 0. The first kappa shape index (κ1) is 15.2. The lowest BCUT2D eigenvalue weighted by Gasteiger charge is -2.17. The maximum atomic E-state index is 6.04. The monoisotopic (exact) mass is 287 g/mol. The molecule has 2 N–H and O–H groups in total. The van der Waals surface area contributed by atoms with E-state index in [0.717, 1.165) is 17.1 Å². The Balaban J connectivity index is 2.33. The minimum Gasteiger partial charge on any atom is -0.496 e. The summed E-state index contributed by atoms with van der Waals surface area (Å²) in [4.78, 5) is 0. The summed E-state index contributed by atoms with van der Waals surface area (Å²) in [6, 6.07) is 13.0. The van der Waals surface area contributed by atoms with Crippen LogP contribution in [0.15, 0.2) is 42.5 Å². The van der Waals surface area contributed by atoms with Crippen LogP contribution in [0.3, 0.4) is 0 Å². The van der Waals surface area contributed by atoms with Crippen LogP contribution in [0.1, 0.15) is 25.5 Å². The zero-order valence-electron chi connectivity index (χ0n) is 12.6. The van der Waals surface area contributed by atoms with Gasteiger partial charge in [-0.2, -0.15) is 0 Å². The molecule has 0 aliphatic rings. The molecule has 0 unspecified atom stereocenters. The van der Waals surface area contributed by atoms with E-state index in [1.807, 2.05) is 56.3 Å². The van der Waals surface area contributed by atoms with Gasteiger partial charge in [-0.3, -0.25) is 0 Å². The van der Waals surface area contributed by atoms with Crippen molar-refractivity contribution in [2.75, 3.05) is 13.7 Å². The van der Waals surface area contributed by atoms with Gasteiger partial charge in [0.15, 0.2) is 0 Å². The fraction of sp³-hybridized carbons (Fsp3) is 0.294. The fourth-order valence-corrected chi connectivity index (χ4v) is 2.16. The molecular formula is C17H21NO3. The third-order valence-electron chi connectivity index (χ3n) is 3.05. The summed E-state index contributed by atoms with van der Waals surface area (Å²) < 4.78 is 16.8. The van der Waals surface area contributed by atoms with Crippen molar-refractivity contribution in [3.63, 3.8) is 0 Å². The Morgan fingerprint density at radius 1 is 1.05 bits per heavy atom. The molecule has 4 heteroatoms. The highest BCUT2D eigenvalue weighted by Gasteiger charge is 2.15. The Morgan fingerprint density at radius 2 is 1.71 bits per heavy atom. The van der Waals surface area contributed by atoms with Gasteiger partial charge in [0.2, 0.25) is 0 Å². The van der Waals surface area contributed by atoms with Crippen LogP contribution in [0.4, 0.5) is 0 Å². The van der Waals surface area contributed by atoms with Gasteiger partial charge in [0.25, 0.3) is 0 Å². The average molecular weight is 287 g/mol. The summed E-state index contributed by atoms with van der Waals surface area (Å²) in [5.74, 6) is 2.90. The highest BCUT2D eigenvalue weighted by atomic mass is 16.5. The number of methoxy groups -OCH3 is 1. The van der Waals surface area contributed by atoms with Crippen LogP contribution in [0.25, 0.3) is 0 Å². The van der Waals surface area contributed by atoms with E-state index in [-0.39, 0.29) is 6.04 Å². The molecule has 0 heterocycles. The summed E-state index contributed by atoms with van der Waals surface area (Å²) in [6.45, 7) is 4.47. The van der Waals surface area contributed by atoms with Gasteiger partial charge < -0.3 is 19.9 Å². The predicted octanol–water partition coefficient (Wildman–Crippen LogP) is 3.91. The number of ether oxygens (including phenoxy) is 3. The highest BCUT2D eigenvalue weighted by molar-refractivity contribution is 5.49. The van der Waals surface area contributed by atoms with E-state index < -0.39 is 0 Å². The maximum absolute atomic E-state index is 6.04. The van der Waals surface area contributed by atoms with Gasteiger partial charge in [-0.1, -0.05) is 12.1 Å². The number of rotatable bonds is 6. The minimum atomic E-state index is -0.189. The quantitative estimate of drug-likeness (QED) is 0.875. The van der Waals surface area contributed by atoms with E-state index in [1.165, 1.54) is 0 Å². The normalized spacial score (nSPS) is 11.8. The van der Waals surface area contributed by atoms with E-state index in [0.29, 0.717) is 18.1 Å². The van der Waals surface area contributed by atoms with Gasteiger partial charge in [-0.15, -0.1) is 0 Å². The molecule has 0 saturated heterocycles. The third-order valence-corrected chi connectivity index (χ3v) is 3.05. The summed E-state index contributed by atoms with van der Waals surface area (Å²) in [7, 11) is 1.63. The molecule has 0 bridgehead atoms. The molecule has 1 atom stereocenters. The molecule has 0 aliphatic carbocycles. The standard InChI is InChI=1S/C17H21NO3/c1-4-20-13-7-5-8-14(11-13)21-16-10-6-9-15(19-3)17(16)12(2)18/h5-12H,4,18H2,1-3H3/t12-/m1/s1. The Morgan fingerprint density at radius 3 is 2.38 bits per heavy atom. The molecule has 0 fully saturated rings. The molecule has 0 aromatic heterocycles. The van der Waals surface area contributed by atoms with E-state index in [1.54, 1.807) is 7.11 Å². The SMILES string of the molecule is CCOc1cccc(Oc2cccc(OC)c2[C@@H](C)N)c1. The van der Waals surface area contributed by atoms with Crippen LogP contribution < -0.4 is 19.9 Å². The Bertz CT molecular complexity index is 596. The van der Waals surface area contributed by atoms with Gasteiger partial charge >= 0.3 is 0 Å². The number of benzene rings is 2. The molecule has 2 aromatic carbocycles. The fourth-order valence-electron chi connectivity index (χ4n) is 2.16. The second kappa shape index (κ2) is 6.99. The molecule has 2 rings (SSSR count). The lowest BCUT2D eigenvalue weighted by molar-refractivity contribution is 0.338. The van der Waals surface area contributed by atoms with Crippen molar-refractivity contribution in [3.8, 4) is 23.0 Å². The van der Waals surface area contributed by atoms with Crippen LogP contribution in [-0.4, -0.2) is 13.7 Å². The number of nitrogens with two attached hydrogens (primary N) is 1. The maximum Gasteiger partial charge on any atom is 0.135 e. The Hall–Kier alpha value is -2.20. The molecule has 0 spiro atoms. The second-order valence-corrected chi connectivity index (χ2v) is 4.67. The largest absolute Gasteiger partial charge is 0.496 e. The average Bonchev–Trinajstić information content (AvgIpc) is 2.47. The lowest BCUT2D eigenvalue weighted by Crippen LogP contribution is -2.08. The van der Waals surface area contributed by atoms with Crippen molar-refractivity contribution in [1.29, 1.82) is 0 Å². The number of hydrogen-bond donors (Lipinski definition) is 1. The Labute approximate surface area is 125 Å². The molecule has 4 nitrogen and oxygen atoms in total. The van der Waals surface area contributed by atoms with Crippen LogP contribution in [-0.2, 0) is 0 Å².